The molecule has 1 aliphatic heterocycles. The van der Waals surface area contributed by atoms with Gasteiger partial charge in [-0.05, 0) is 62.4 Å². The number of benzene rings is 1. The van der Waals surface area contributed by atoms with Crippen LogP contribution in [-0.4, -0.2) is 67.8 Å². The first-order valence-electron chi connectivity index (χ1n) is 13.1. The van der Waals surface area contributed by atoms with Gasteiger partial charge in [-0.3, -0.25) is 14.5 Å². The largest absolute Gasteiger partial charge is 0.497 e. The summed E-state index contributed by atoms with van der Waals surface area (Å²) >= 11 is 0. The molecule has 194 valence electrons. The summed E-state index contributed by atoms with van der Waals surface area (Å²) in [4.78, 5) is 16.9. The van der Waals surface area contributed by atoms with Gasteiger partial charge in [0.1, 0.15) is 11.9 Å². The molecule has 0 bridgehead atoms. The number of nitrogens with one attached hydrogen (secondary N) is 2. The average molecular weight is 504 g/mol. The third-order valence-corrected chi connectivity index (χ3v) is 7.81. The lowest BCUT2D eigenvalue weighted by Crippen LogP contribution is -2.47. The summed E-state index contributed by atoms with van der Waals surface area (Å²) in [6.07, 6.45) is 9.52. The van der Waals surface area contributed by atoms with Crippen LogP contribution in [0.25, 0.3) is 22.3 Å². The van der Waals surface area contributed by atoms with Gasteiger partial charge in [-0.1, -0.05) is 6.42 Å². The molecule has 11 nitrogen and oxygen atoms in total. The molecule has 1 saturated heterocycles. The number of aromatic amines is 1. The number of piperidine rings is 1. The highest BCUT2D eigenvalue weighted by Crippen LogP contribution is 2.30. The topological polar surface area (TPSA) is 119 Å². The Bertz CT molecular complexity index is 1440. The predicted molar refractivity (Wildman–Crippen MR) is 141 cm³/mol. The number of nitrogens with zero attached hydrogens (tertiary/aromatic N) is 7. The molecule has 1 aromatic carbocycles. The monoisotopic (exact) mass is 503 g/mol. The van der Waals surface area contributed by atoms with Gasteiger partial charge in [-0.15, -0.1) is 15.0 Å². The lowest BCUT2D eigenvalue weighted by Gasteiger charge is -2.36. The first kappa shape index (κ1) is 23.7. The number of hydrogen-bond donors (Lipinski definition) is 2. The Labute approximate surface area is 214 Å². The number of methoxy groups -OCH3 is 1. The zero-order chi connectivity index (χ0) is 25.4. The third kappa shape index (κ3) is 4.71. The zero-order valence-corrected chi connectivity index (χ0v) is 21.3. The molecule has 2 N–H and O–H groups in total. The van der Waals surface area contributed by atoms with Gasteiger partial charge >= 0.3 is 0 Å². The molecule has 37 heavy (non-hydrogen) atoms. The second-order valence-corrected chi connectivity index (χ2v) is 10.2. The summed E-state index contributed by atoms with van der Waals surface area (Å²) in [5.41, 5.74) is 2.46. The second-order valence-electron chi connectivity index (χ2n) is 10.2. The lowest BCUT2D eigenvalue weighted by atomic mass is 9.85. The smallest absolute Gasteiger partial charge is 0.254 e. The number of ether oxygens (including phenoxy) is 1. The van der Waals surface area contributed by atoms with Gasteiger partial charge in [0.15, 0.2) is 0 Å². The molecule has 2 fully saturated rings. The summed E-state index contributed by atoms with van der Waals surface area (Å²) in [5, 5.41) is 24.8. The Morgan fingerprint density at radius 2 is 2.11 bits per heavy atom. The SMILES string of the molecule is COc1cc(-c2nnn(C(C)n3ccc(N4CCC[C@@H](NCC5CCC5)C4)cc3=O)n2)c2cn[nH]c2c1. The molecule has 2 atom stereocenters. The highest BCUT2D eigenvalue weighted by molar-refractivity contribution is 5.93. The second kappa shape index (κ2) is 9.97. The van der Waals surface area contributed by atoms with Gasteiger partial charge in [0.05, 0.1) is 18.8 Å². The Hall–Kier alpha value is -3.73. The van der Waals surface area contributed by atoms with Gasteiger partial charge in [0, 0.05) is 54.1 Å². The lowest BCUT2D eigenvalue weighted by molar-refractivity contribution is 0.280. The molecule has 6 rings (SSSR count). The highest BCUT2D eigenvalue weighted by Gasteiger charge is 2.24. The van der Waals surface area contributed by atoms with E-state index in [4.69, 9.17) is 4.74 Å². The molecular weight excluding hydrogens is 470 g/mol. The van der Waals surface area contributed by atoms with Crippen LogP contribution in [0.1, 0.15) is 45.2 Å². The maximum absolute atomic E-state index is 13.1. The molecule has 4 aromatic rings. The minimum absolute atomic E-state index is 0.0907. The number of aromatic nitrogens is 7. The Morgan fingerprint density at radius 3 is 2.89 bits per heavy atom. The fourth-order valence-electron chi connectivity index (χ4n) is 5.32. The van der Waals surface area contributed by atoms with E-state index in [1.54, 1.807) is 23.9 Å². The van der Waals surface area contributed by atoms with Crippen LogP contribution in [0.5, 0.6) is 5.75 Å². The van der Waals surface area contributed by atoms with E-state index in [0.29, 0.717) is 17.6 Å². The van der Waals surface area contributed by atoms with Crippen molar-refractivity contribution in [3.63, 3.8) is 0 Å². The Kier molecular flexibility index (Phi) is 6.37. The standard InChI is InChI=1S/C26H33N9O2/c1-17(35-31-26(30-32-35)22-12-21(37-2)13-24-23(22)15-28-29-24)34-10-8-20(11-25(34)36)33-9-4-7-19(16-33)27-14-18-5-3-6-18/h8,10-13,15,17-19,27H,3-7,9,14,16H2,1-2H3,(H,28,29)/t17?,19-/m1/s1. The molecule has 11 heteroatoms. The molecule has 1 unspecified atom stereocenters. The quantitative estimate of drug-likeness (QED) is 0.377. The zero-order valence-electron chi connectivity index (χ0n) is 21.3. The summed E-state index contributed by atoms with van der Waals surface area (Å²) < 4.78 is 7.04. The molecule has 0 radical (unpaired) electrons. The first-order chi connectivity index (χ1) is 18.1. The van der Waals surface area contributed by atoms with Crippen LogP contribution in [0.4, 0.5) is 5.69 Å². The van der Waals surface area contributed by atoms with Crippen LogP contribution >= 0.6 is 0 Å². The van der Waals surface area contributed by atoms with Gasteiger partial charge < -0.3 is 15.0 Å². The van der Waals surface area contributed by atoms with Crippen molar-refractivity contribution < 1.29 is 4.74 Å². The fraction of sp³-hybridized carbons (Fsp3) is 0.500. The van der Waals surface area contributed by atoms with E-state index in [-0.39, 0.29) is 5.56 Å². The molecule has 1 aliphatic carbocycles. The van der Waals surface area contributed by atoms with Crippen molar-refractivity contribution >= 4 is 16.6 Å². The molecule has 0 amide bonds. The minimum Gasteiger partial charge on any atom is -0.497 e. The minimum atomic E-state index is -0.438. The van der Waals surface area contributed by atoms with Crippen molar-refractivity contribution in [2.45, 2.75) is 51.2 Å². The van der Waals surface area contributed by atoms with Gasteiger partial charge in [0.25, 0.3) is 5.56 Å². The average Bonchev–Trinajstić information content (AvgIpc) is 3.57. The van der Waals surface area contributed by atoms with Crippen molar-refractivity contribution in [1.29, 1.82) is 0 Å². The third-order valence-electron chi connectivity index (χ3n) is 7.81. The van der Waals surface area contributed by atoms with Gasteiger partial charge in [-0.25, -0.2) is 0 Å². The summed E-state index contributed by atoms with van der Waals surface area (Å²) in [6.45, 7) is 4.90. The Balaban J connectivity index is 1.18. The number of tetrazole rings is 1. The summed E-state index contributed by atoms with van der Waals surface area (Å²) in [6, 6.07) is 7.94. The Morgan fingerprint density at radius 1 is 1.22 bits per heavy atom. The van der Waals surface area contributed by atoms with Crippen molar-refractivity contribution in [3.05, 3.63) is 47.0 Å². The van der Waals surface area contributed by atoms with E-state index in [2.05, 4.69) is 35.8 Å². The van der Waals surface area contributed by atoms with E-state index in [9.17, 15) is 4.79 Å². The maximum Gasteiger partial charge on any atom is 0.254 e. The predicted octanol–water partition coefficient (Wildman–Crippen LogP) is 2.81. The van der Waals surface area contributed by atoms with Crippen molar-refractivity contribution in [3.8, 4) is 17.1 Å². The number of H-pyrrole nitrogens is 1. The molecule has 0 spiro atoms. The summed E-state index contributed by atoms with van der Waals surface area (Å²) in [5.74, 6) is 1.96. The number of anilines is 1. The van der Waals surface area contributed by atoms with E-state index in [1.807, 2.05) is 31.3 Å². The van der Waals surface area contributed by atoms with E-state index >= 15 is 0 Å². The number of fused-ring (bicyclic) bond motifs is 1. The molecule has 4 heterocycles. The molecular formula is C26H33N9O2. The fourth-order valence-corrected chi connectivity index (χ4v) is 5.32. The summed E-state index contributed by atoms with van der Waals surface area (Å²) in [7, 11) is 1.61. The van der Waals surface area contributed by atoms with Crippen LogP contribution in [-0.2, 0) is 0 Å². The van der Waals surface area contributed by atoms with Crippen LogP contribution < -0.4 is 20.5 Å². The van der Waals surface area contributed by atoms with E-state index in [0.717, 1.165) is 54.1 Å². The van der Waals surface area contributed by atoms with Crippen molar-refractivity contribution in [2.75, 3.05) is 31.6 Å². The van der Waals surface area contributed by atoms with Crippen LogP contribution in [0.2, 0.25) is 0 Å². The first-order valence-corrected chi connectivity index (χ1v) is 13.1. The number of pyridine rings is 1. The van der Waals surface area contributed by atoms with Crippen molar-refractivity contribution in [1.82, 2.24) is 40.3 Å². The van der Waals surface area contributed by atoms with Crippen LogP contribution in [0.15, 0.2) is 41.5 Å². The van der Waals surface area contributed by atoms with Gasteiger partial charge in [0.2, 0.25) is 5.82 Å². The van der Waals surface area contributed by atoms with Gasteiger partial charge in [-0.2, -0.15) is 5.10 Å². The number of rotatable bonds is 8. The maximum atomic E-state index is 13.1. The normalized spacial score (nSPS) is 19.2. The van der Waals surface area contributed by atoms with Crippen molar-refractivity contribution in [2.24, 2.45) is 5.92 Å². The van der Waals surface area contributed by atoms with E-state index in [1.165, 1.54) is 30.5 Å². The molecule has 3 aromatic heterocycles. The highest BCUT2D eigenvalue weighted by atomic mass is 16.5. The van der Waals surface area contributed by atoms with E-state index < -0.39 is 6.17 Å². The number of hydrogen-bond acceptors (Lipinski definition) is 8. The van der Waals surface area contributed by atoms with Crippen LogP contribution in [0.3, 0.4) is 0 Å². The molecule has 1 saturated carbocycles. The molecule has 2 aliphatic rings. The van der Waals surface area contributed by atoms with Crippen LogP contribution in [0, 0.1) is 5.92 Å².